The maximum atomic E-state index is 13.2. The summed E-state index contributed by atoms with van der Waals surface area (Å²) in [6.07, 6.45) is 1.62. The van der Waals surface area contributed by atoms with Crippen molar-refractivity contribution in [3.05, 3.63) is 117 Å². The fourth-order valence-electron chi connectivity index (χ4n) is 5.12. The minimum Gasteiger partial charge on any atom is -0.494 e. The molecule has 0 aliphatic rings. The Hall–Kier alpha value is -4.30. The van der Waals surface area contributed by atoms with Crippen LogP contribution in [-0.2, 0) is 26.1 Å². The van der Waals surface area contributed by atoms with Crippen LogP contribution in [0.15, 0.2) is 83.7 Å². The van der Waals surface area contributed by atoms with Gasteiger partial charge in [-0.2, -0.15) is 0 Å². The zero-order chi connectivity index (χ0) is 27.9. The van der Waals surface area contributed by atoms with E-state index >= 15 is 0 Å². The number of rotatable bonds is 12. The number of tetrazole rings is 1. The van der Waals surface area contributed by atoms with E-state index < -0.39 is 0 Å². The second kappa shape index (κ2) is 12.7. The van der Waals surface area contributed by atoms with E-state index in [0.717, 1.165) is 35.3 Å². The van der Waals surface area contributed by atoms with E-state index in [9.17, 15) is 4.79 Å². The molecule has 2 heterocycles. The van der Waals surface area contributed by atoms with E-state index in [0.29, 0.717) is 31.8 Å². The number of ether oxygens (including phenoxy) is 1. The van der Waals surface area contributed by atoms with Gasteiger partial charge in [-0.05, 0) is 72.5 Å². The van der Waals surface area contributed by atoms with Crippen molar-refractivity contribution in [3.8, 4) is 5.75 Å². The highest BCUT2D eigenvalue weighted by atomic mass is 16.5. The maximum Gasteiger partial charge on any atom is 0.252 e. The van der Waals surface area contributed by atoms with Crippen LogP contribution in [0.3, 0.4) is 0 Å². The Bertz CT molecular complexity index is 1590. The van der Waals surface area contributed by atoms with Crippen LogP contribution in [0.2, 0.25) is 0 Å². The van der Waals surface area contributed by atoms with Gasteiger partial charge in [0.2, 0.25) is 0 Å². The number of H-pyrrole nitrogens is 1. The monoisotopic (exact) mass is 536 g/mol. The SMILES string of the molecule is CCOc1ccc2[nH]c(=O)c(CN(Cc3ccc(C)cc3)[C@H](CC)c3nnnn3CCc3ccccc3)cc2c1. The Morgan fingerprint density at radius 2 is 1.75 bits per heavy atom. The van der Waals surface area contributed by atoms with Gasteiger partial charge >= 0.3 is 0 Å². The minimum absolute atomic E-state index is 0.0862. The Morgan fingerprint density at radius 1 is 0.950 bits per heavy atom. The third-order valence-corrected chi connectivity index (χ3v) is 7.22. The van der Waals surface area contributed by atoms with E-state index in [2.05, 4.69) is 75.7 Å². The number of fused-ring (bicyclic) bond motifs is 1. The molecule has 0 unspecified atom stereocenters. The van der Waals surface area contributed by atoms with Crippen LogP contribution in [0.4, 0.5) is 0 Å². The van der Waals surface area contributed by atoms with Crippen molar-refractivity contribution < 1.29 is 4.74 Å². The zero-order valence-corrected chi connectivity index (χ0v) is 23.4. The summed E-state index contributed by atoms with van der Waals surface area (Å²) >= 11 is 0. The van der Waals surface area contributed by atoms with Crippen LogP contribution >= 0.6 is 0 Å². The molecule has 0 radical (unpaired) electrons. The third-order valence-electron chi connectivity index (χ3n) is 7.22. The Balaban J connectivity index is 1.48. The van der Waals surface area contributed by atoms with Crippen LogP contribution in [0.5, 0.6) is 5.75 Å². The Morgan fingerprint density at radius 3 is 2.50 bits per heavy atom. The molecule has 3 aromatic carbocycles. The number of hydrogen-bond donors (Lipinski definition) is 1. The minimum atomic E-state index is -0.0934. The summed E-state index contributed by atoms with van der Waals surface area (Å²) in [5, 5.41) is 13.8. The molecular weight excluding hydrogens is 500 g/mol. The number of aromatic amines is 1. The predicted octanol–water partition coefficient (Wildman–Crippen LogP) is 5.62. The number of nitrogens with zero attached hydrogens (tertiary/aromatic N) is 5. The van der Waals surface area contributed by atoms with Gasteiger partial charge in [-0.15, -0.1) is 5.10 Å². The van der Waals surface area contributed by atoms with E-state index in [1.165, 1.54) is 16.7 Å². The van der Waals surface area contributed by atoms with Crippen molar-refractivity contribution >= 4 is 10.9 Å². The first kappa shape index (κ1) is 27.3. The van der Waals surface area contributed by atoms with Crippen molar-refractivity contribution in [1.82, 2.24) is 30.1 Å². The van der Waals surface area contributed by atoms with Crippen molar-refractivity contribution in [2.75, 3.05) is 6.61 Å². The van der Waals surface area contributed by atoms with Crippen molar-refractivity contribution in [1.29, 1.82) is 0 Å². The molecule has 0 fully saturated rings. The van der Waals surface area contributed by atoms with Gasteiger partial charge in [0.25, 0.3) is 5.56 Å². The molecule has 0 amide bonds. The summed E-state index contributed by atoms with van der Waals surface area (Å²) in [6, 6.07) is 26.5. The number of pyridine rings is 1. The first-order chi connectivity index (χ1) is 19.5. The van der Waals surface area contributed by atoms with Gasteiger partial charge in [-0.25, -0.2) is 4.68 Å². The molecule has 8 heteroatoms. The molecule has 5 rings (SSSR count). The number of nitrogens with one attached hydrogen (secondary N) is 1. The molecule has 1 atom stereocenters. The van der Waals surface area contributed by atoms with Gasteiger partial charge < -0.3 is 9.72 Å². The van der Waals surface area contributed by atoms with Crippen LogP contribution in [0, 0.1) is 6.92 Å². The number of benzene rings is 3. The molecule has 0 spiro atoms. The molecule has 2 aromatic heterocycles. The highest BCUT2D eigenvalue weighted by molar-refractivity contribution is 5.80. The van der Waals surface area contributed by atoms with Crippen LogP contribution in [0.25, 0.3) is 10.9 Å². The second-order valence-corrected chi connectivity index (χ2v) is 10.1. The molecule has 0 saturated carbocycles. The van der Waals surface area contributed by atoms with Crippen LogP contribution in [0.1, 0.15) is 54.4 Å². The average Bonchev–Trinajstić information content (AvgIpc) is 3.43. The molecule has 40 heavy (non-hydrogen) atoms. The molecule has 0 bridgehead atoms. The van der Waals surface area contributed by atoms with Gasteiger partial charge in [-0.1, -0.05) is 67.1 Å². The third kappa shape index (κ3) is 6.46. The van der Waals surface area contributed by atoms with Crippen LogP contribution < -0.4 is 10.3 Å². The first-order valence-corrected chi connectivity index (χ1v) is 13.9. The molecule has 0 aliphatic heterocycles. The largest absolute Gasteiger partial charge is 0.494 e. The predicted molar refractivity (Wildman–Crippen MR) is 157 cm³/mol. The topological polar surface area (TPSA) is 88.9 Å². The summed E-state index contributed by atoms with van der Waals surface area (Å²) in [4.78, 5) is 18.6. The van der Waals surface area contributed by atoms with E-state index in [1.807, 2.05) is 54.1 Å². The molecule has 5 aromatic rings. The lowest BCUT2D eigenvalue weighted by Crippen LogP contribution is -2.32. The molecule has 1 N–H and O–H groups in total. The summed E-state index contributed by atoms with van der Waals surface area (Å²) in [6.45, 7) is 8.55. The van der Waals surface area contributed by atoms with Crippen molar-refractivity contribution in [3.63, 3.8) is 0 Å². The first-order valence-electron chi connectivity index (χ1n) is 13.9. The lowest BCUT2D eigenvalue weighted by Gasteiger charge is -2.30. The van der Waals surface area contributed by atoms with Gasteiger partial charge in [0.05, 0.1) is 12.6 Å². The van der Waals surface area contributed by atoms with E-state index in [1.54, 1.807) is 0 Å². The number of aryl methyl sites for hydroxylation is 3. The molecule has 0 aliphatic carbocycles. The smallest absolute Gasteiger partial charge is 0.252 e. The van der Waals surface area contributed by atoms with Gasteiger partial charge in [0.1, 0.15) is 5.75 Å². The fraction of sp³-hybridized carbons (Fsp3) is 0.312. The van der Waals surface area contributed by atoms with Gasteiger partial charge in [0.15, 0.2) is 5.82 Å². The number of aromatic nitrogens is 5. The Labute approximate surface area is 234 Å². The van der Waals surface area contributed by atoms with E-state index in [4.69, 9.17) is 4.74 Å². The van der Waals surface area contributed by atoms with Gasteiger partial charge in [-0.3, -0.25) is 9.69 Å². The highest BCUT2D eigenvalue weighted by Crippen LogP contribution is 2.27. The second-order valence-electron chi connectivity index (χ2n) is 10.1. The molecule has 0 saturated heterocycles. The summed E-state index contributed by atoms with van der Waals surface area (Å²) in [5.41, 5.74) is 5.01. The summed E-state index contributed by atoms with van der Waals surface area (Å²) < 4.78 is 7.60. The molecule has 8 nitrogen and oxygen atoms in total. The van der Waals surface area contributed by atoms with Crippen LogP contribution in [-0.4, -0.2) is 36.7 Å². The normalized spacial score (nSPS) is 12.2. The quantitative estimate of drug-likeness (QED) is 0.223. The van der Waals surface area contributed by atoms with Gasteiger partial charge in [0, 0.05) is 36.1 Å². The Kier molecular flexibility index (Phi) is 8.66. The van der Waals surface area contributed by atoms with Crippen molar-refractivity contribution in [2.24, 2.45) is 0 Å². The van der Waals surface area contributed by atoms with E-state index in [-0.39, 0.29) is 11.6 Å². The molecular formula is C32H36N6O2. The summed E-state index contributed by atoms with van der Waals surface area (Å²) in [7, 11) is 0. The maximum absolute atomic E-state index is 13.2. The highest BCUT2D eigenvalue weighted by Gasteiger charge is 2.26. The zero-order valence-electron chi connectivity index (χ0n) is 23.4. The molecule has 206 valence electrons. The standard InChI is InChI=1S/C32H36N6O2/c1-4-30(31-34-35-36-38(31)18-17-24-9-7-6-8-10-24)37(21-25-13-11-23(3)12-14-25)22-27-19-26-20-28(40-5-2)15-16-29(26)33-32(27)39/h6-16,19-20,30H,4-5,17-18,21-22H2,1-3H3,(H,33,39)/t30-/m1/s1. The van der Waals surface area contributed by atoms with Crippen molar-refractivity contribution in [2.45, 2.75) is 59.3 Å². The lowest BCUT2D eigenvalue weighted by atomic mass is 10.1. The average molecular weight is 537 g/mol. The number of hydrogen-bond acceptors (Lipinski definition) is 6. The lowest BCUT2D eigenvalue weighted by molar-refractivity contribution is 0.160. The summed E-state index contributed by atoms with van der Waals surface area (Å²) in [5.74, 6) is 1.59. The fourth-order valence-corrected chi connectivity index (χ4v) is 5.12.